The van der Waals surface area contributed by atoms with Gasteiger partial charge in [-0.2, -0.15) is 0 Å². The summed E-state index contributed by atoms with van der Waals surface area (Å²) in [4.78, 5) is 14.6. The van der Waals surface area contributed by atoms with E-state index in [2.05, 4.69) is 32.0 Å². The second kappa shape index (κ2) is 5.80. The van der Waals surface area contributed by atoms with Gasteiger partial charge in [-0.3, -0.25) is 4.79 Å². The fraction of sp³-hybridized carbons (Fsp3) is 0.250. The lowest BCUT2D eigenvalue weighted by Crippen LogP contribution is -2.21. The average molecular weight is 291 g/mol. The minimum atomic E-state index is 0.0979. The second-order valence-corrected chi connectivity index (χ2v) is 6.20. The van der Waals surface area contributed by atoms with E-state index in [1.165, 1.54) is 0 Å². The maximum atomic E-state index is 12.8. The molecule has 1 heterocycles. The Morgan fingerprint density at radius 1 is 1.00 bits per heavy atom. The van der Waals surface area contributed by atoms with Crippen LogP contribution < -0.4 is 4.90 Å². The number of allylic oxidation sites excluding steroid dienone is 1. The Morgan fingerprint density at radius 3 is 2.32 bits per heavy atom. The first-order valence-corrected chi connectivity index (χ1v) is 7.75. The molecule has 0 aromatic heterocycles. The van der Waals surface area contributed by atoms with Crippen molar-refractivity contribution >= 4 is 22.7 Å². The molecule has 0 N–H and O–H groups in total. The molecule has 0 aliphatic carbocycles. The molecule has 0 spiro atoms. The molecule has 1 amide bonds. The van der Waals surface area contributed by atoms with Gasteiger partial charge >= 0.3 is 0 Å². The average Bonchev–Trinajstić information content (AvgIpc) is 2.78. The fourth-order valence-electron chi connectivity index (χ4n) is 3.07. The van der Waals surface area contributed by atoms with Crippen molar-refractivity contribution < 1.29 is 4.79 Å². The van der Waals surface area contributed by atoms with Gasteiger partial charge in [0, 0.05) is 12.6 Å². The molecule has 2 aromatic rings. The van der Waals surface area contributed by atoms with E-state index in [9.17, 15) is 4.79 Å². The largest absolute Gasteiger partial charge is 0.311 e. The third kappa shape index (κ3) is 2.45. The summed E-state index contributed by atoms with van der Waals surface area (Å²) in [5, 5.41) is 0. The Hall–Kier alpha value is -2.35. The molecule has 0 saturated carbocycles. The zero-order chi connectivity index (χ0) is 15.7. The summed E-state index contributed by atoms with van der Waals surface area (Å²) in [6.07, 6.45) is 0.896. The van der Waals surface area contributed by atoms with Crippen LogP contribution in [0.2, 0.25) is 0 Å². The molecule has 22 heavy (non-hydrogen) atoms. The van der Waals surface area contributed by atoms with Gasteiger partial charge in [0.1, 0.15) is 0 Å². The number of hydrogen-bond donors (Lipinski definition) is 0. The first-order chi connectivity index (χ1) is 10.6. The smallest absolute Gasteiger partial charge is 0.259 e. The molecule has 0 bridgehead atoms. The van der Waals surface area contributed by atoms with Crippen molar-refractivity contribution in [3.63, 3.8) is 0 Å². The molecule has 1 aliphatic rings. The molecule has 0 fully saturated rings. The monoisotopic (exact) mass is 291 g/mol. The van der Waals surface area contributed by atoms with Crippen LogP contribution in [-0.4, -0.2) is 13.0 Å². The van der Waals surface area contributed by atoms with Gasteiger partial charge in [0.25, 0.3) is 5.91 Å². The van der Waals surface area contributed by atoms with Crippen LogP contribution in [0.5, 0.6) is 0 Å². The summed E-state index contributed by atoms with van der Waals surface area (Å²) in [6.45, 7) is 4.39. The molecule has 2 aromatic carbocycles. The van der Waals surface area contributed by atoms with Crippen LogP contribution >= 0.6 is 0 Å². The third-order valence-electron chi connectivity index (χ3n) is 4.09. The molecule has 112 valence electrons. The van der Waals surface area contributed by atoms with Crippen LogP contribution in [0.15, 0.2) is 54.6 Å². The van der Waals surface area contributed by atoms with Gasteiger partial charge in [-0.25, -0.2) is 0 Å². The summed E-state index contributed by atoms with van der Waals surface area (Å²) in [7, 11) is 1.85. The molecule has 0 unspecified atom stereocenters. The van der Waals surface area contributed by atoms with Gasteiger partial charge in [0.2, 0.25) is 0 Å². The Balaban J connectivity index is 2.25. The maximum absolute atomic E-state index is 12.8. The molecule has 2 nitrogen and oxygen atoms in total. The van der Waals surface area contributed by atoms with Crippen LogP contribution in [0, 0.1) is 5.92 Å². The molecular weight excluding hydrogens is 270 g/mol. The minimum Gasteiger partial charge on any atom is -0.311 e. The van der Waals surface area contributed by atoms with Gasteiger partial charge in [-0.15, -0.1) is 0 Å². The lowest BCUT2D eigenvalue weighted by molar-refractivity contribution is -0.112. The van der Waals surface area contributed by atoms with E-state index in [-0.39, 0.29) is 5.91 Å². The molecule has 0 atom stereocenters. The summed E-state index contributed by atoms with van der Waals surface area (Å²) >= 11 is 0. The highest BCUT2D eigenvalue weighted by Gasteiger charge is 2.32. The Labute approximate surface area is 132 Å². The standard InChI is InChI=1S/C20H21NO/c1-14(2)13-17(15-9-5-4-6-10-15)19-16-11-7-8-12-18(16)21(3)20(19)22/h4-12,14H,13H2,1-3H3/b19-17+. The van der Waals surface area contributed by atoms with E-state index in [1.54, 1.807) is 4.90 Å². The minimum absolute atomic E-state index is 0.0979. The molecular formula is C20H21NO. The molecule has 1 aliphatic heterocycles. The highest BCUT2D eigenvalue weighted by Crippen LogP contribution is 2.41. The van der Waals surface area contributed by atoms with Crippen molar-refractivity contribution in [2.75, 3.05) is 11.9 Å². The SMILES string of the molecule is CC(C)C/C(=C1\C(=O)N(C)c2ccccc21)c1ccccc1. The number of benzene rings is 2. The van der Waals surface area contributed by atoms with Gasteiger partial charge in [-0.05, 0) is 29.5 Å². The summed E-state index contributed by atoms with van der Waals surface area (Å²) < 4.78 is 0. The van der Waals surface area contributed by atoms with E-state index < -0.39 is 0 Å². The summed E-state index contributed by atoms with van der Waals surface area (Å²) in [5.74, 6) is 0.592. The predicted molar refractivity (Wildman–Crippen MR) is 92.6 cm³/mol. The number of nitrogens with zero attached hydrogens (tertiary/aromatic N) is 1. The van der Waals surface area contributed by atoms with E-state index in [0.717, 1.165) is 34.4 Å². The van der Waals surface area contributed by atoms with Crippen molar-refractivity contribution in [1.82, 2.24) is 0 Å². The molecule has 0 saturated heterocycles. The van der Waals surface area contributed by atoms with Gasteiger partial charge in [0.15, 0.2) is 0 Å². The number of rotatable bonds is 3. The summed E-state index contributed by atoms with van der Waals surface area (Å²) in [5.41, 5.74) is 5.20. The number of carbonyl (C=O) groups excluding carboxylic acids is 1. The number of anilines is 1. The van der Waals surface area contributed by atoms with Crippen molar-refractivity contribution in [2.45, 2.75) is 20.3 Å². The Bertz CT molecular complexity index is 728. The number of fused-ring (bicyclic) bond motifs is 1. The highest BCUT2D eigenvalue weighted by molar-refractivity contribution is 6.37. The first-order valence-electron chi connectivity index (χ1n) is 7.75. The van der Waals surface area contributed by atoms with Gasteiger partial charge < -0.3 is 4.90 Å². The number of hydrogen-bond acceptors (Lipinski definition) is 1. The zero-order valence-corrected chi connectivity index (χ0v) is 13.3. The van der Waals surface area contributed by atoms with Crippen molar-refractivity contribution in [3.8, 4) is 0 Å². The lowest BCUT2D eigenvalue weighted by Gasteiger charge is -2.14. The van der Waals surface area contributed by atoms with Crippen LogP contribution in [0.1, 0.15) is 31.4 Å². The van der Waals surface area contributed by atoms with Crippen molar-refractivity contribution in [3.05, 3.63) is 65.7 Å². The molecule has 3 rings (SSSR count). The number of likely N-dealkylation sites (N-methyl/N-ethyl adjacent to an activating group) is 1. The van der Waals surface area contributed by atoms with Crippen LogP contribution in [-0.2, 0) is 4.79 Å². The number of carbonyl (C=O) groups is 1. The molecule has 2 heteroatoms. The van der Waals surface area contributed by atoms with E-state index in [0.29, 0.717) is 5.92 Å². The van der Waals surface area contributed by atoms with Gasteiger partial charge in [-0.1, -0.05) is 62.4 Å². The van der Waals surface area contributed by atoms with Crippen LogP contribution in [0.3, 0.4) is 0 Å². The predicted octanol–water partition coefficient (Wildman–Crippen LogP) is 4.62. The van der Waals surface area contributed by atoms with Crippen molar-refractivity contribution in [1.29, 1.82) is 0 Å². The van der Waals surface area contributed by atoms with E-state index in [1.807, 2.05) is 43.4 Å². The second-order valence-electron chi connectivity index (χ2n) is 6.20. The Kier molecular flexibility index (Phi) is 3.84. The Morgan fingerprint density at radius 2 is 1.64 bits per heavy atom. The quantitative estimate of drug-likeness (QED) is 0.756. The van der Waals surface area contributed by atoms with E-state index in [4.69, 9.17) is 0 Å². The number of amides is 1. The highest BCUT2D eigenvalue weighted by atomic mass is 16.2. The van der Waals surface area contributed by atoms with Crippen molar-refractivity contribution in [2.24, 2.45) is 5.92 Å². The topological polar surface area (TPSA) is 20.3 Å². The number of para-hydroxylation sites is 1. The normalized spacial score (nSPS) is 16.2. The summed E-state index contributed by atoms with van der Waals surface area (Å²) in [6, 6.07) is 18.3. The van der Waals surface area contributed by atoms with Gasteiger partial charge in [0.05, 0.1) is 11.3 Å². The lowest BCUT2D eigenvalue weighted by atomic mass is 9.89. The van der Waals surface area contributed by atoms with Crippen LogP contribution in [0.25, 0.3) is 11.1 Å². The van der Waals surface area contributed by atoms with Crippen LogP contribution in [0.4, 0.5) is 5.69 Å². The fourth-order valence-corrected chi connectivity index (χ4v) is 3.07. The first kappa shape index (κ1) is 14.6. The zero-order valence-electron chi connectivity index (χ0n) is 13.3. The van der Waals surface area contributed by atoms with E-state index >= 15 is 0 Å². The molecule has 0 radical (unpaired) electrons. The third-order valence-corrected chi connectivity index (χ3v) is 4.09. The maximum Gasteiger partial charge on any atom is 0.259 e.